The molecule has 3 nitrogen and oxygen atoms in total. The molecule has 1 saturated heterocycles. The summed E-state index contributed by atoms with van der Waals surface area (Å²) in [5.41, 5.74) is 1.11. The van der Waals surface area contributed by atoms with Crippen LogP contribution in [0.5, 0.6) is 0 Å². The minimum Gasteiger partial charge on any atom is -0.395 e. The Kier molecular flexibility index (Phi) is 4.32. The molecule has 16 heavy (non-hydrogen) atoms. The van der Waals surface area contributed by atoms with Crippen LogP contribution in [0.25, 0.3) is 0 Å². The lowest BCUT2D eigenvalue weighted by atomic mass is 10.1. The molecular weight excluding hydrogens is 220 g/mol. The van der Waals surface area contributed by atoms with Crippen molar-refractivity contribution in [1.29, 1.82) is 0 Å². The van der Waals surface area contributed by atoms with Crippen LogP contribution in [-0.4, -0.2) is 34.2 Å². The van der Waals surface area contributed by atoms with Gasteiger partial charge >= 0.3 is 0 Å². The van der Waals surface area contributed by atoms with E-state index in [-0.39, 0.29) is 6.61 Å². The van der Waals surface area contributed by atoms with Crippen LogP contribution in [0, 0.1) is 6.92 Å². The van der Waals surface area contributed by atoms with Crippen molar-refractivity contribution in [2.24, 2.45) is 0 Å². The largest absolute Gasteiger partial charge is 0.395 e. The molecule has 1 aromatic heterocycles. The van der Waals surface area contributed by atoms with Crippen molar-refractivity contribution in [2.75, 3.05) is 13.2 Å². The first-order chi connectivity index (χ1) is 7.79. The highest BCUT2D eigenvalue weighted by molar-refractivity contribution is 7.09. The smallest absolute Gasteiger partial charge is 0.107 e. The van der Waals surface area contributed by atoms with Crippen molar-refractivity contribution >= 4 is 11.3 Å². The van der Waals surface area contributed by atoms with Gasteiger partial charge in [-0.3, -0.25) is 4.90 Å². The fourth-order valence-corrected chi connectivity index (χ4v) is 3.10. The van der Waals surface area contributed by atoms with Crippen LogP contribution in [0.1, 0.15) is 36.4 Å². The van der Waals surface area contributed by atoms with Gasteiger partial charge in [0.15, 0.2) is 0 Å². The van der Waals surface area contributed by atoms with Crippen molar-refractivity contribution in [2.45, 2.75) is 45.2 Å². The number of aliphatic hydroxyl groups is 1. The highest BCUT2D eigenvalue weighted by Crippen LogP contribution is 2.20. The standard InChI is InChI=1S/C12H20N2OS/c1-10-9-16-12(13-10)7-14-6-4-2-3-5-11(14)8-15/h9,11,15H,2-8H2,1H3. The summed E-state index contributed by atoms with van der Waals surface area (Å²) in [5.74, 6) is 0. The summed E-state index contributed by atoms with van der Waals surface area (Å²) in [6, 6.07) is 0.340. The Bertz CT molecular complexity index is 327. The molecule has 1 N–H and O–H groups in total. The van der Waals surface area contributed by atoms with Gasteiger partial charge in [-0.1, -0.05) is 12.8 Å². The van der Waals surface area contributed by atoms with Crippen molar-refractivity contribution in [3.8, 4) is 0 Å². The van der Waals surface area contributed by atoms with E-state index in [1.54, 1.807) is 11.3 Å². The highest BCUT2D eigenvalue weighted by atomic mass is 32.1. The number of hydrogen-bond donors (Lipinski definition) is 1. The maximum absolute atomic E-state index is 9.41. The average Bonchev–Trinajstić information content (AvgIpc) is 2.56. The van der Waals surface area contributed by atoms with Crippen LogP contribution in [0.15, 0.2) is 5.38 Å². The lowest BCUT2D eigenvalue weighted by Crippen LogP contribution is -2.36. The van der Waals surface area contributed by atoms with Crippen molar-refractivity contribution < 1.29 is 5.11 Å². The van der Waals surface area contributed by atoms with E-state index in [0.717, 1.165) is 25.2 Å². The molecule has 0 bridgehead atoms. The molecule has 90 valence electrons. The molecule has 4 heteroatoms. The second kappa shape index (κ2) is 5.75. The average molecular weight is 240 g/mol. The van der Waals surface area contributed by atoms with Gasteiger partial charge in [0, 0.05) is 17.1 Å². The van der Waals surface area contributed by atoms with Gasteiger partial charge in [0.25, 0.3) is 0 Å². The number of likely N-dealkylation sites (tertiary alicyclic amines) is 1. The van der Waals surface area contributed by atoms with Gasteiger partial charge in [-0.25, -0.2) is 4.98 Å². The molecule has 2 rings (SSSR count). The maximum Gasteiger partial charge on any atom is 0.107 e. The Morgan fingerprint density at radius 2 is 2.38 bits per heavy atom. The third kappa shape index (κ3) is 3.03. The van der Waals surface area contributed by atoms with E-state index in [0.29, 0.717) is 6.04 Å². The minimum absolute atomic E-state index is 0.282. The van der Waals surface area contributed by atoms with Gasteiger partial charge in [-0.05, 0) is 26.3 Å². The van der Waals surface area contributed by atoms with E-state index in [4.69, 9.17) is 0 Å². The normalized spacial score (nSPS) is 23.2. The lowest BCUT2D eigenvalue weighted by molar-refractivity contribution is 0.118. The van der Waals surface area contributed by atoms with Crippen LogP contribution in [-0.2, 0) is 6.54 Å². The number of aromatic nitrogens is 1. The predicted octanol–water partition coefficient (Wildman–Crippen LogP) is 2.19. The molecular formula is C12H20N2OS. The lowest BCUT2D eigenvalue weighted by Gasteiger charge is -2.27. The molecule has 0 saturated carbocycles. The molecule has 1 atom stereocenters. The topological polar surface area (TPSA) is 36.4 Å². The zero-order valence-corrected chi connectivity index (χ0v) is 10.7. The molecule has 1 aliphatic heterocycles. The van der Waals surface area contributed by atoms with Crippen LogP contribution < -0.4 is 0 Å². The molecule has 1 unspecified atom stereocenters. The van der Waals surface area contributed by atoms with E-state index in [2.05, 4.69) is 15.3 Å². The number of aryl methyl sites for hydroxylation is 1. The second-order valence-electron chi connectivity index (χ2n) is 4.54. The van der Waals surface area contributed by atoms with E-state index in [1.165, 1.54) is 24.3 Å². The van der Waals surface area contributed by atoms with Gasteiger partial charge in [-0.2, -0.15) is 0 Å². The van der Waals surface area contributed by atoms with Crippen LogP contribution in [0.3, 0.4) is 0 Å². The Morgan fingerprint density at radius 1 is 1.50 bits per heavy atom. The van der Waals surface area contributed by atoms with Gasteiger partial charge in [0.2, 0.25) is 0 Å². The Balaban J connectivity index is 1.99. The molecule has 1 aliphatic rings. The van der Waals surface area contributed by atoms with Gasteiger partial charge in [-0.15, -0.1) is 11.3 Å². The summed E-state index contributed by atoms with van der Waals surface area (Å²) < 4.78 is 0. The summed E-state index contributed by atoms with van der Waals surface area (Å²) in [7, 11) is 0. The van der Waals surface area contributed by atoms with E-state index in [1.807, 2.05) is 6.92 Å². The Hall–Kier alpha value is -0.450. The number of rotatable bonds is 3. The molecule has 1 fully saturated rings. The molecule has 0 aliphatic carbocycles. The summed E-state index contributed by atoms with van der Waals surface area (Å²) in [5, 5.41) is 12.7. The first-order valence-corrected chi connectivity index (χ1v) is 6.93. The van der Waals surface area contributed by atoms with Gasteiger partial charge in [0.1, 0.15) is 5.01 Å². The third-order valence-electron chi connectivity index (χ3n) is 3.21. The molecule has 1 aromatic rings. The Labute approximate surface area is 101 Å². The number of thiazole rings is 1. The molecule has 0 radical (unpaired) electrons. The van der Waals surface area contributed by atoms with Crippen LogP contribution in [0.4, 0.5) is 0 Å². The quantitative estimate of drug-likeness (QED) is 0.880. The van der Waals surface area contributed by atoms with Crippen molar-refractivity contribution in [3.05, 3.63) is 16.1 Å². The van der Waals surface area contributed by atoms with Crippen molar-refractivity contribution in [1.82, 2.24) is 9.88 Å². The zero-order valence-electron chi connectivity index (χ0n) is 9.85. The minimum atomic E-state index is 0.282. The summed E-state index contributed by atoms with van der Waals surface area (Å²) >= 11 is 1.73. The number of aliphatic hydroxyl groups excluding tert-OH is 1. The second-order valence-corrected chi connectivity index (χ2v) is 5.48. The van der Waals surface area contributed by atoms with E-state index >= 15 is 0 Å². The third-order valence-corrected chi connectivity index (χ3v) is 4.17. The fraction of sp³-hybridized carbons (Fsp3) is 0.750. The molecule has 2 heterocycles. The maximum atomic E-state index is 9.41. The van der Waals surface area contributed by atoms with E-state index in [9.17, 15) is 5.11 Å². The highest BCUT2D eigenvalue weighted by Gasteiger charge is 2.20. The number of nitrogens with zero attached hydrogens (tertiary/aromatic N) is 2. The van der Waals surface area contributed by atoms with Crippen LogP contribution >= 0.6 is 11.3 Å². The van der Waals surface area contributed by atoms with Gasteiger partial charge < -0.3 is 5.11 Å². The van der Waals surface area contributed by atoms with Crippen molar-refractivity contribution in [3.63, 3.8) is 0 Å². The fourth-order valence-electron chi connectivity index (χ4n) is 2.30. The summed E-state index contributed by atoms with van der Waals surface area (Å²) in [4.78, 5) is 6.89. The SMILES string of the molecule is Cc1csc(CN2CCCCCC2CO)n1. The Morgan fingerprint density at radius 3 is 3.06 bits per heavy atom. The van der Waals surface area contributed by atoms with Gasteiger partial charge in [0.05, 0.1) is 13.2 Å². The van der Waals surface area contributed by atoms with E-state index < -0.39 is 0 Å². The first kappa shape index (κ1) is 12.0. The molecule has 0 spiro atoms. The number of hydrogen-bond acceptors (Lipinski definition) is 4. The predicted molar refractivity (Wildman–Crippen MR) is 66.6 cm³/mol. The molecule has 0 amide bonds. The summed E-state index contributed by atoms with van der Waals surface area (Å²) in [6.45, 7) is 4.32. The zero-order chi connectivity index (χ0) is 11.4. The summed E-state index contributed by atoms with van der Waals surface area (Å²) in [6.07, 6.45) is 4.92. The monoisotopic (exact) mass is 240 g/mol. The molecule has 0 aromatic carbocycles. The van der Waals surface area contributed by atoms with Crippen LogP contribution in [0.2, 0.25) is 0 Å². The first-order valence-electron chi connectivity index (χ1n) is 6.05.